The van der Waals surface area contributed by atoms with Crippen LogP contribution in [0.15, 0.2) is 103 Å². The quantitative estimate of drug-likeness (QED) is 0.122. The largest absolute Gasteiger partial charge is 0.497 e. The smallest absolute Gasteiger partial charge is 0.416 e. The fraction of sp³-hybridized carbons (Fsp3) is 0.139. The highest BCUT2D eigenvalue weighted by atomic mass is 19.4. The lowest BCUT2D eigenvalue weighted by atomic mass is 10.0. The molecule has 2 amide bonds. The SMILES string of the molecule is COc1ccc(CC(=O)Nc2ccc(C(=O)N(CC(=O)O)Cc3ccc(OC(=O)c4ccc5cccnc5c4)cc3)cc2)c(C(F)(F)F)c1. The van der Waals surface area contributed by atoms with Crippen LogP contribution in [0.5, 0.6) is 11.5 Å². The molecule has 13 heteroatoms. The lowest BCUT2D eigenvalue weighted by molar-refractivity contribution is -0.139. The maximum atomic E-state index is 13.5. The number of hydrogen-bond donors (Lipinski definition) is 2. The molecule has 5 aromatic rings. The zero-order chi connectivity index (χ0) is 35.1. The topological polar surface area (TPSA) is 135 Å². The molecule has 0 atom stereocenters. The van der Waals surface area contributed by atoms with Gasteiger partial charge in [0.15, 0.2) is 0 Å². The Morgan fingerprint density at radius 1 is 0.857 bits per heavy atom. The van der Waals surface area contributed by atoms with Gasteiger partial charge in [-0.15, -0.1) is 0 Å². The molecule has 0 aliphatic rings. The van der Waals surface area contributed by atoms with Gasteiger partial charge in [-0.3, -0.25) is 19.4 Å². The number of halogens is 3. The van der Waals surface area contributed by atoms with Crippen LogP contribution in [-0.2, 0) is 28.7 Å². The van der Waals surface area contributed by atoms with Crippen molar-refractivity contribution in [1.29, 1.82) is 0 Å². The fourth-order valence-electron chi connectivity index (χ4n) is 4.96. The molecule has 10 nitrogen and oxygen atoms in total. The van der Waals surface area contributed by atoms with Crippen molar-refractivity contribution in [3.8, 4) is 11.5 Å². The number of alkyl halides is 3. The van der Waals surface area contributed by atoms with Crippen LogP contribution >= 0.6 is 0 Å². The lowest BCUT2D eigenvalue weighted by Crippen LogP contribution is -2.35. The van der Waals surface area contributed by atoms with E-state index in [1.165, 1.54) is 55.6 Å². The molecule has 250 valence electrons. The average Bonchev–Trinajstić information content (AvgIpc) is 3.08. The minimum absolute atomic E-state index is 0.00200. The molecule has 5 rings (SSSR count). The van der Waals surface area contributed by atoms with Crippen LogP contribution in [-0.4, -0.2) is 52.4 Å². The van der Waals surface area contributed by atoms with Gasteiger partial charge in [0.1, 0.15) is 18.0 Å². The maximum absolute atomic E-state index is 13.5. The standard InChI is InChI=1S/C36H28F3N3O7/c1-48-29-15-10-25(30(19-29)36(37,38)39)18-32(43)41-27-11-8-24(9-12-27)34(46)42(21-33(44)45)20-22-4-13-28(14-5-22)49-35(47)26-7-6-23-3-2-16-40-31(23)17-26/h2-17,19H,18,20-21H2,1H3,(H,41,43)(H,44,45). The van der Waals surface area contributed by atoms with Crippen molar-refractivity contribution >= 4 is 40.3 Å². The molecule has 0 spiro atoms. The molecule has 0 unspecified atom stereocenters. The second kappa shape index (κ2) is 14.7. The fourth-order valence-corrected chi connectivity index (χ4v) is 4.96. The number of nitrogens with one attached hydrogen (secondary N) is 1. The Bertz CT molecular complexity index is 2010. The van der Waals surface area contributed by atoms with E-state index in [0.717, 1.165) is 16.4 Å². The second-order valence-electron chi connectivity index (χ2n) is 10.8. The predicted molar refractivity (Wildman–Crippen MR) is 172 cm³/mol. The Kier molecular flexibility index (Phi) is 10.2. The van der Waals surface area contributed by atoms with Gasteiger partial charge >= 0.3 is 18.1 Å². The van der Waals surface area contributed by atoms with Gasteiger partial charge in [-0.25, -0.2) is 4.79 Å². The van der Waals surface area contributed by atoms with E-state index in [2.05, 4.69) is 10.3 Å². The Morgan fingerprint density at radius 2 is 1.55 bits per heavy atom. The van der Waals surface area contributed by atoms with E-state index in [9.17, 15) is 37.5 Å². The average molecular weight is 672 g/mol. The Morgan fingerprint density at radius 3 is 2.22 bits per heavy atom. The maximum Gasteiger partial charge on any atom is 0.416 e. The number of benzene rings is 4. The number of nitrogens with zero attached hydrogens (tertiary/aromatic N) is 2. The number of methoxy groups -OCH3 is 1. The van der Waals surface area contributed by atoms with E-state index < -0.39 is 48.5 Å². The number of pyridine rings is 1. The third-order valence-electron chi connectivity index (χ3n) is 7.35. The first kappa shape index (κ1) is 34.1. The van der Waals surface area contributed by atoms with Crippen LogP contribution in [0.1, 0.15) is 37.4 Å². The van der Waals surface area contributed by atoms with Crippen molar-refractivity contribution in [3.05, 3.63) is 131 Å². The number of fused-ring (bicyclic) bond motifs is 1. The summed E-state index contributed by atoms with van der Waals surface area (Å²) in [5, 5.41) is 12.8. The molecule has 0 saturated heterocycles. The molecule has 2 N–H and O–H groups in total. The third kappa shape index (κ3) is 8.77. The van der Waals surface area contributed by atoms with Crippen LogP contribution in [0.3, 0.4) is 0 Å². The number of aliphatic carboxylic acids is 1. The van der Waals surface area contributed by atoms with Gasteiger partial charge in [0.05, 0.1) is 30.2 Å². The van der Waals surface area contributed by atoms with Gasteiger partial charge in [0.2, 0.25) is 5.91 Å². The van der Waals surface area contributed by atoms with Gasteiger partial charge in [-0.1, -0.05) is 30.3 Å². The molecule has 0 radical (unpaired) electrons. The first-order valence-corrected chi connectivity index (χ1v) is 14.7. The normalized spacial score (nSPS) is 11.1. The summed E-state index contributed by atoms with van der Waals surface area (Å²) < 4.78 is 50.9. The Balaban J connectivity index is 1.21. The molecule has 0 saturated carbocycles. The number of carboxylic acids is 1. The number of carbonyl (C=O) groups excluding carboxylic acids is 3. The molecule has 0 aliphatic heterocycles. The number of carbonyl (C=O) groups is 4. The third-order valence-corrected chi connectivity index (χ3v) is 7.35. The summed E-state index contributed by atoms with van der Waals surface area (Å²) in [5.41, 5.74) is 0.619. The highest BCUT2D eigenvalue weighted by Crippen LogP contribution is 2.35. The molecule has 0 aliphatic carbocycles. The summed E-state index contributed by atoms with van der Waals surface area (Å²) in [6.45, 7) is -0.703. The number of ether oxygens (including phenoxy) is 2. The van der Waals surface area contributed by atoms with Crippen LogP contribution in [0.25, 0.3) is 10.9 Å². The van der Waals surface area contributed by atoms with Crippen LogP contribution in [0.2, 0.25) is 0 Å². The number of hydrogen-bond acceptors (Lipinski definition) is 7. The summed E-state index contributed by atoms with van der Waals surface area (Å²) in [6.07, 6.45) is -3.64. The van der Waals surface area contributed by atoms with Crippen molar-refractivity contribution in [2.24, 2.45) is 0 Å². The van der Waals surface area contributed by atoms with Crippen LogP contribution in [0.4, 0.5) is 18.9 Å². The van der Waals surface area contributed by atoms with Gasteiger partial charge in [-0.2, -0.15) is 13.2 Å². The molecular weight excluding hydrogens is 643 g/mol. The van der Waals surface area contributed by atoms with Crippen molar-refractivity contribution < 1.29 is 46.9 Å². The van der Waals surface area contributed by atoms with Gasteiger partial charge in [0, 0.05) is 29.4 Å². The predicted octanol–water partition coefficient (Wildman–Crippen LogP) is 6.39. The number of anilines is 1. The minimum Gasteiger partial charge on any atom is -0.497 e. The summed E-state index contributed by atoms with van der Waals surface area (Å²) in [5.74, 6) is -2.93. The lowest BCUT2D eigenvalue weighted by Gasteiger charge is -2.21. The molecule has 49 heavy (non-hydrogen) atoms. The van der Waals surface area contributed by atoms with Crippen LogP contribution < -0.4 is 14.8 Å². The molecule has 1 aromatic heterocycles. The van der Waals surface area contributed by atoms with E-state index in [-0.39, 0.29) is 34.9 Å². The monoisotopic (exact) mass is 671 g/mol. The first-order chi connectivity index (χ1) is 23.4. The van der Waals surface area contributed by atoms with Crippen molar-refractivity contribution in [3.63, 3.8) is 0 Å². The van der Waals surface area contributed by atoms with E-state index in [4.69, 9.17) is 9.47 Å². The highest BCUT2D eigenvalue weighted by Gasteiger charge is 2.34. The van der Waals surface area contributed by atoms with Crippen molar-refractivity contribution in [1.82, 2.24) is 9.88 Å². The molecular formula is C36H28F3N3O7. The summed E-state index contributed by atoms with van der Waals surface area (Å²) >= 11 is 0. The second-order valence-corrected chi connectivity index (χ2v) is 10.8. The number of esters is 1. The minimum atomic E-state index is -4.70. The Labute approximate surface area is 277 Å². The first-order valence-electron chi connectivity index (χ1n) is 14.7. The zero-order valence-electron chi connectivity index (χ0n) is 25.9. The van der Waals surface area contributed by atoms with Crippen molar-refractivity contribution in [2.45, 2.75) is 19.1 Å². The molecule has 4 aromatic carbocycles. The van der Waals surface area contributed by atoms with E-state index in [0.29, 0.717) is 16.6 Å². The summed E-state index contributed by atoms with van der Waals surface area (Å²) in [4.78, 5) is 55.5. The number of carboxylic acid groups (broad SMARTS) is 1. The Hall–Kier alpha value is -6.24. The van der Waals surface area contributed by atoms with Crippen molar-refractivity contribution in [2.75, 3.05) is 19.0 Å². The van der Waals surface area contributed by atoms with Gasteiger partial charge in [-0.05, 0) is 77.9 Å². The zero-order valence-corrected chi connectivity index (χ0v) is 25.9. The molecule has 0 fully saturated rings. The number of aromatic nitrogens is 1. The summed E-state index contributed by atoms with van der Waals surface area (Å²) in [6, 6.07) is 23.7. The van der Waals surface area contributed by atoms with Crippen LogP contribution in [0, 0.1) is 0 Å². The molecule has 0 bridgehead atoms. The van der Waals surface area contributed by atoms with Gasteiger partial charge < -0.3 is 24.8 Å². The summed E-state index contributed by atoms with van der Waals surface area (Å²) in [7, 11) is 1.24. The van der Waals surface area contributed by atoms with E-state index in [1.807, 2.05) is 6.07 Å². The van der Waals surface area contributed by atoms with E-state index >= 15 is 0 Å². The number of rotatable bonds is 11. The van der Waals surface area contributed by atoms with E-state index in [1.54, 1.807) is 42.6 Å². The number of amides is 2. The molecule has 1 heterocycles. The highest BCUT2D eigenvalue weighted by molar-refractivity contribution is 5.98. The van der Waals surface area contributed by atoms with Gasteiger partial charge in [0.25, 0.3) is 5.91 Å².